The Morgan fingerprint density at radius 2 is 1.33 bits per heavy atom. The summed E-state index contributed by atoms with van der Waals surface area (Å²) in [5.41, 5.74) is 3.31. The standard InChI is InChI=1S/C24H19FN4O3.C10H8N2.Cu/c1-15-21(24(32)29(28-15)18-7-3-2-4-8-18)22(16-11-13-17(25)14-12-16)26-27-23(31)19-9-5-6-10-20(19)30;1-3-7-11-9(5-1)10-6-2-4-8-12-10;/h2-14,30,32H,1H3,(H,27,31);1-8H;/q;;+2/p-2/b26-22+;;. The largest absolute Gasteiger partial charge is 2.00 e. The second-order valence-corrected chi connectivity index (χ2v) is 9.32. The topological polar surface area (TPSA) is 135 Å². The number of nitrogens with zero attached hydrogens (tertiary/aromatic N) is 6. The summed E-state index contributed by atoms with van der Waals surface area (Å²) in [6.45, 7) is 1.64. The van der Waals surface area contributed by atoms with Gasteiger partial charge >= 0.3 is 17.1 Å². The van der Waals surface area contributed by atoms with Gasteiger partial charge < -0.3 is 15.3 Å². The Labute approximate surface area is 269 Å². The third kappa shape index (κ3) is 7.85. The molecule has 0 aliphatic heterocycles. The normalized spacial score (nSPS) is 11.2. The molecule has 0 amide bonds. The summed E-state index contributed by atoms with van der Waals surface area (Å²) < 4.78 is 14.7. The molecule has 0 aliphatic carbocycles. The Morgan fingerprint density at radius 3 is 1.91 bits per heavy atom. The summed E-state index contributed by atoms with van der Waals surface area (Å²) in [6, 6.07) is 31.7. The zero-order chi connectivity index (χ0) is 30.9. The third-order valence-electron chi connectivity index (χ3n) is 6.34. The van der Waals surface area contributed by atoms with Crippen molar-refractivity contribution in [3.8, 4) is 28.7 Å². The third-order valence-corrected chi connectivity index (χ3v) is 6.34. The number of hydrogen-bond donors (Lipinski definition) is 1. The van der Waals surface area contributed by atoms with Gasteiger partial charge in [0.2, 0.25) is 0 Å². The molecule has 1 N–H and O–H groups in total. The number of phenolic OH excluding ortho intramolecular Hbond substituents is 1. The number of halogens is 1. The number of aromatic hydroxyl groups is 1. The number of rotatable bonds is 6. The molecule has 227 valence electrons. The van der Waals surface area contributed by atoms with E-state index in [0.717, 1.165) is 11.4 Å². The minimum absolute atomic E-state index is 0. The van der Waals surface area contributed by atoms with E-state index in [1.165, 1.54) is 41.1 Å². The van der Waals surface area contributed by atoms with Gasteiger partial charge in [0.25, 0.3) is 0 Å². The molecular formula is C34H25CuFN6O3. The molecular weight excluding hydrogens is 623 g/mol. The van der Waals surface area contributed by atoms with Crippen LogP contribution in [0, 0.1) is 12.7 Å². The van der Waals surface area contributed by atoms with Crippen molar-refractivity contribution < 1.29 is 36.8 Å². The van der Waals surface area contributed by atoms with E-state index >= 15 is 0 Å². The number of para-hydroxylation sites is 2. The number of benzene rings is 3. The number of hydrogen-bond acceptors (Lipinski definition) is 8. The van der Waals surface area contributed by atoms with E-state index in [9.17, 15) is 19.7 Å². The molecule has 0 aliphatic rings. The maximum atomic E-state index is 13.5. The number of aromatic nitrogens is 4. The fourth-order valence-corrected chi connectivity index (χ4v) is 4.22. The van der Waals surface area contributed by atoms with E-state index in [-0.39, 0.29) is 39.7 Å². The van der Waals surface area contributed by atoms with Gasteiger partial charge in [-0.2, -0.15) is 15.3 Å². The van der Waals surface area contributed by atoms with Crippen molar-refractivity contribution in [2.24, 2.45) is 10.2 Å². The molecule has 6 aromatic rings. The van der Waals surface area contributed by atoms with Crippen LogP contribution in [0.15, 0.2) is 138 Å². The minimum atomic E-state index is -0.789. The molecule has 0 unspecified atom stereocenters. The Kier molecular flexibility index (Phi) is 10.9. The van der Waals surface area contributed by atoms with Gasteiger partial charge in [-0.05, 0) is 73.7 Å². The molecule has 0 atom stereocenters. The molecule has 3 aromatic carbocycles. The van der Waals surface area contributed by atoms with E-state index in [1.54, 1.807) is 55.7 Å². The van der Waals surface area contributed by atoms with Gasteiger partial charge in [0.15, 0.2) is 0 Å². The Morgan fingerprint density at radius 1 is 0.756 bits per heavy atom. The maximum Gasteiger partial charge on any atom is 2.00 e. The summed E-state index contributed by atoms with van der Waals surface area (Å²) in [4.78, 5) is 8.37. The van der Waals surface area contributed by atoms with Crippen molar-refractivity contribution in [2.75, 3.05) is 0 Å². The number of pyridine rings is 2. The van der Waals surface area contributed by atoms with Crippen molar-refractivity contribution in [3.63, 3.8) is 0 Å². The average Bonchev–Trinajstić information content (AvgIpc) is 3.36. The molecule has 0 spiro atoms. The average molecular weight is 648 g/mol. The first kappa shape index (κ1) is 32.3. The van der Waals surface area contributed by atoms with Crippen LogP contribution in [0.3, 0.4) is 0 Å². The Balaban J connectivity index is 0.000000296. The van der Waals surface area contributed by atoms with E-state index in [1.807, 2.05) is 42.5 Å². The molecule has 0 saturated carbocycles. The van der Waals surface area contributed by atoms with Gasteiger partial charge in [-0.1, -0.05) is 48.5 Å². The first-order valence-electron chi connectivity index (χ1n) is 13.4. The van der Waals surface area contributed by atoms with Crippen molar-refractivity contribution >= 4 is 11.6 Å². The van der Waals surface area contributed by atoms with E-state index < -0.39 is 17.6 Å². The van der Waals surface area contributed by atoms with E-state index in [4.69, 9.17) is 0 Å². The summed E-state index contributed by atoms with van der Waals surface area (Å²) in [6.07, 6.45) is 3.54. The SMILES string of the molecule is Cc1nn(-c2ccccc2)c([O-])c1/C(=N/N=C(\[O-])c1ccccc1O)c1ccc(F)cc1.[Cu+2].c1ccc(-c2ccccn2)nc1. The zero-order valence-corrected chi connectivity index (χ0v) is 24.7. The predicted molar refractivity (Wildman–Crippen MR) is 162 cm³/mol. The van der Waals surface area contributed by atoms with Gasteiger partial charge in [-0.25, -0.2) is 9.07 Å². The van der Waals surface area contributed by atoms with Gasteiger partial charge in [0.05, 0.1) is 22.8 Å². The second kappa shape index (κ2) is 15.2. The quantitative estimate of drug-likeness (QED) is 0.119. The van der Waals surface area contributed by atoms with Crippen LogP contribution in [0.1, 0.15) is 22.4 Å². The van der Waals surface area contributed by atoms with E-state index in [2.05, 4.69) is 25.3 Å². The van der Waals surface area contributed by atoms with Gasteiger partial charge in [0, 0.05) is 40.9 Å². The molecule has 0 saturated heterocycles. The predicted octanol–water partition coefficient (Wildman–Crippen LogP) is 4.80. The van der Waals surface area contributed by atoms with Crippen LogP contribution in [0.2, 0.25) is 0 Å². The fourth-order valence-electron chi connectivity index (χ4n) is 4.22. The van der Waals surface area contributed by atoms with Crippen LogP contribution in [0.4, 0.5) is 4.39 Å². The van der Waals surface area contributed by atoms with Crippen LogP contribution >= 0.6 is 0 Å². The Hall–Kier alpha value is -5.64. The van der Waals surface area contributed by atoms with Crippen LogP contribution in [-0.2, 0) is 17.1 Å². The summed E-state index contributed by atoms with van der Waals surface area (Å²) in [5.74, 6) is -1.95. The smallest absolute Gasteiger partial charge is 0.858 e. The molecule has 0 fully saturated rings. The van der Waals surface area contributed by atoms with Gasteiger partial charge in [-0.3, -0.25) is 9.97 Å². The first-order valence-corrected chi connectivity index (χ1v) is 13.4. The Bertz CT molecular complexity index is 1860. The molecule has 1 radical (unpaired) electrons. The van der Waals surface area contributed by atoms with Crippen molar-refractivity contribution in [1.29, 1.82) is 0 Å². The van der Waals surface area contributed by atoms with Crippen LogP contribution in [0.5, 0.6) is 11.6 Å². The minimum Gasteiger partial charge on any atom is -0.858 e. The summed E-state index contributed by atoms with van der Waals surface area (Å²) >= 11 is 0. The molecule has 3 aromatic heterocycles. The van der Waals surface area contributed by atoms with Gasteiger partial charge in [-0.15, -0.1) is 0 Å². The maximum absolute atomic E-state index is 13.5. The monoisotopic (exact) mass is 647 g/mol. The van der Waals surface area contributed by atoms with Crippen molar-refractivity contribution in [2.45, 2.75) is 6.92 Å². The molecule has 0 bridgehead atoms. The summed E-state index contributed by atoms with van der Waals surface area (Å²) in [7, 11) is 0. The van der Waals surface area contributed by atoms with Crippen LogP contribution < -0.4 is 10.2 Å². The van der Waals surface area contributed by atoms with E-state index in [0.29, 0.717) is 16.9 Å². The second-order valence-electron chi connectivity index (χ2n) is 9.32. The fraction of sp³-hybridized carbons (Fsp3) is 0.0294. The van der Waals surface area contributed by atoms with Crippen molar-refractivity contribution in [3.05, 3.63) is 156 Å². The van der Waals surface area contributed by atoms with Crippen molar-refractivity contribution in [1.82, 2.24) is 19.7 Å². The number of phenols is 1. The molecule has 3 heterocycles. The van der Waals surface area contributed by atoms with Crippen LogP contribution in [-0.4, -0.2) is 36.5 Å². The summed E-state index contributed by atoms with van der Waals surface area (Å²) in [5, 5.41) is 47.7. The molecule has 11 heteroatoms. The van der Waals surface area contributed by atoms with Gasteiger partial charge in [0.1, 0.15) is 17.3 Å². The van der Waals surface area contributed by atoms with Crippen LogP contribution in [0.25, 0.3) is 17.1 Å². The molecule has 9 nitrogen and oxygen atoms in total. The molecule has 6 rings (SSSR count). The number of aryl methyl sites for hydroxylation is 1. The first-order chi connectivity index (χ1) is 21.4. The molecule has 45 heavy (non-hydrogen) atoms. The zero-order valence-electron chi connectivity index (χ0n) is 23.8.